The van der Waals surface area contributed by atoms with Crippen LogP contribution in [-0.4, -0.2) is 0 Å². The van der Waals surface area contributed by atoms with Gasteiger partial charge in [-0.15, -0.1) is 0 Å². The molecule has 40 valence electrons. The Hall–Kier alpha value is -0.640. The third-order valence-corrected chi connectivity index (χ3v) is 0.942. The molecule has 0 saturated heterocycles. The average molecular weight is 97.2 g/mol. The maximum atomic E-state index is 4.94. The Bertz CT molecular complexity index is 86.1. The summed E-state index contributed by atoms with van der Waals surface area (Å²) in [5.41, 5.74) is 4.94. The van der Waals surface area contributed by atoms with Crippen LogP contribution in [0.25, 0.3) is 0 Å². The van der Waals surface area contributed by atoms with Crippen molar-refractivity contribution in [2.45, 2.75) is 20.3 Å². The molecule has 2 N–H and O–H groups in total. The van der Waals surface area contributed by atoms with Crippen LogP contribution >= 0.6 is 0 Å². The summed E-state index contributed by atoms with van der Waals surface area (Å²) in [5.74, 6) is 3.29. The molecule has 0 rings (SSSR count). The number of nitrogens with two attached hydrogens (primary N) is 1. The first-order valence-corrected chi connectivity index (χ1v) is 2.52. The van der Waals surface area contributed by atoms with Gasteiger partial charge in [-0.1, -0.05) is 19.8 Å². The van der Waals surface area contributed by atoms with Crippen LogP contribution in [0.2, 0.25) is 0 Å². The quantitative estimate of drug-likeness (QED) is 0.382. The van der Waals surface area contributed by atoms with Gasteiger partial charge in [0.25, 0.3) is 0 Å². The molecule has 0 aliphatic rings. The summed E-state index contributed by atoms with van der Waals surface area (Å²) >= 11 is 0. The van der Waals surface area contributed by atoms with Gasteiger partial charge in [0.1, 0.15) is 0 Å². The van der Waals surface area contributed by atoms with E-state index in [4.69, 9.17) is 5.73 Å². The van der Waals surface area contributed by atoms with E-state index >= 15 is 0 Å². The lowest BCUT2D eigenvalue weighted by molar-refractivity contribution is 0.723. The summed E-state index contributed by atoms with van der Waals surface area (Å²) in [7, 11) is 0. The minimum absolute atomic E-state index is 0.463. The van der Waals surface area contributed by atoms with E-state index in [1.165, 1.54) is 0 Å². The van der Waals surface area contributed by atoms with Crippen molar-refractivity contribution in [3.63, 3.8) is 0 Å². The molecule has 7 heavy (non-hydrogen) atoms. The van der Waals surface area contributed by atoms with Gasteiger partial charge in [0.05, 0.1) is 0 Å². The summed E-state index contributed by atoms with van der Waals surface area (Å²) in [5, 5.41) is 0. The second kappa shape index (κ2) is 3.55. The molecule has 0 radical (unpaired) electrons. The van der Waals surface area contributed by atoms with Crippen molar-refractivity contribution in [1.29, 1.82) is 0 Å². The minimum Gasteiger partial charge on any atom is -0.359 e. The van der Waals surface area contributed by atoms with Crippen molar-refractivity contribution in [3.05, 3.63) is 0 Å². The van der Waals surface area contributed by atoms with E-state index < -0.39 is 0 Å². The lowest BCUT2D eigenvalue weighted by Gasteiger charge is -1.91. The van der Waals surface area contributed by atoms with Crippen molar-refractivity contribution in [2.24, 2.45) is 11.7 Å². The Morgan fingerprint density at radius 3 is 2.43 bits per heavy atom. The normalized spacial score (nSPS) is 11.7. The molecule has 0 aromatic rings. The molecule has 0 aromatic carbocycles. The number of hydrogen-bond acceptors (Lipinski definition) is 1. The molecular weight excluding hydrogens is 86.1 g/mol. The second-order valence-corrected chi connectivity index (χ2v) is 1.60. The fourth-order valence-electron chi connectivity index (χ4n) is 0.244. The Balaban J connectivity index is 3.29. The Labute approximate surface area is 44.9 Å². The Kier molecular flexibility index (Phi) is 3.22. The lowest BCUT2D eigenvalue weighted by Crippen LogP contribution is -1.87. The molecule has 0 bridgehead atoms. The van der Waals surface area contributed by atoms with Crippen LogP contribution in [0.5, 0.6) is 0 Å². The molecule has 0 unspecified atom stereocenters. The van der Waals surface area contributed by atoms with E-state index in [1.54, 1.807) is 0 Å². The van der Waals surface area contributed by atoms with Crippen LogP contribution in [0.15, 0.2) is 0 Å². The predicted molar refractivity (Wildman–Crippen MR) is 31.4 cm³/mol. The van der Waals surface area contributed by atoms with E-state index in [1.807, 2.05) is 0 Å². The topological polar surface area (TPSA) is 26.0 Å². The zero-order valence-electron chi connectivity index (χ0n) is 4.86. The van der Waals surface area contributed by atoms with E-state index in [0.717, 1.165) is 6.42 Å². The fraction of sp³-hybridized carbons (Fsp3) is 0.667. The van der Waals surface area contributed by atoms with Crippen LogP contribution in [0.1, 0.15) is 20.3 Å². The van der Waals surface area contributed by atoms with Crippen molar-refractivity contribution >= 4 is 0 Å². The van der Waals surface area contributed by atoms with E-state index in [9.17, 15) is 0 Å². The monoisotopic (exact) mass is 97.1 g/mol. The standard InChI is InChI=1S/C6H11N/c1-3-6(2)4-5-7/h6H,3,7H2,1-2H3/t6-/m1/s1. The molecule has 1 heteroatoms. The fourth-order valence-corrected chi connectivity index (χ4v) is 0.244. The highest BCUT2D eigenvalue weighted by Gasteiger charge is 1.86. The first kappa shape index (κ1) is 6.36. The summed E-state index contributed by atoms with van der Waals surface area (Å²) in [6, 6.07) is 2.37. The summed E-state index contributed by atoms with van der Waals surface area (Å²) in [6.07, 6.45) is 1.09. The zero-order chi connectivity index (χ0) is 5.70. The van der Waals surface area contributed by atoms with Crippen LogP contribution in [0.3, 0.4) is 0 Å². The van der Waals surface area contributed by atoms with E-state index in [0.29, 0.717) is 5.92 Å². The van der Waals surface area contributed by atoms with E-state index in [2.05, 4.69) is 25.8 Å². The maximum absolute atomic E-state index is 4.94. The van der Waals surface area contributed by atoms with Gasteiger partial charge < -0.3 is 5.73 Å². The average Bonchev–Trinajstić information content (AvgIpc) is 1.68. The molecule has 1 nitrogen and oxygen atoms in total. The van der Waals surface area contributed by atoms with Gasteiger partial charge in [0.2, 0.25) is 0 Å². The molecule has 0 amide bonds. The Morgan fingerprint density at radius 2 is 2.29 bits per heavy atom. The van der Waals surface area contributed by atoms with Gasteiger partial charge in [-0.05, 0) is 6.42 Å². The first-order chi connectivity index (χ1) is 3.31. The lowest BCUT2D eigenvalue weighted by atomic mass is 10.1. The van der Waals surface area contributed by atoms with Crippen molar-refractivity contribution in [2.75, 3.05) is 0 Å². The first-order valence-electron chi connectivity index (χ1n) is 2.52. The van der Waals surface area contributed by atoms with Gasteiger partial charge in [0.15, 0.2) is 0 Å². The predicted octanol–water partition coefficient (Wildman–Crippen LogP) is 0.952. The smallest absolute Gasteiger partial charge is 0.0190 e. The highest BCUT2D eigenvalue weighted by atomic mass is 14.5. The van der Waals surface area contributed by atoms with Crippen LogP contribution in [-0.2, 0) is 0 Å². The summed E-state index contributed by atoms with van der Waals surface area (Å²) in [4.78, 5) is 0. The highest BCUT2D eigenvalue weighted by molar-refractivity contribution is 4.97. The number of rotatable bonds is 1. The van der Waals surface area contributed by atoms with Crippen molar-refractivity contribution in [3.8, 4) is 12.0 Å². The maximum Gasteiger partial charge on any atom is 0.0190 e. The third kappa shape index (κ3) is 3.18. The van der Waals surface area contributed by atoms with Crippen molar-refractivity contribution in [1.82, 2.24) is 0 Å². The molecule has 0 aliphatic heterocycles. The second-order valence-electron chi connectivity index (χ2n) is 1.60. The highest BCUT2D eigenvalue weighted by Crippen LogP contribution is 1.94. The van der Waals surface area contributed by atoms with E-state index in [-0.39, 0.29) is 0 Å². The van der Waals surface area contributed by atoms with Crippen LogP contribution in [0, 0.1) is 17.9 Å². The van der Waals surface area contributed by atoms with Crippen molar-refractivity contribution < 1.29 is 0 Å². The van der Waals surface area contributed by atoms with Crippen LogP contribution in [0.4, 0.5) is 0 Å². The molecule has 0 aromatic heterocycles. The molecule has 0 fully saturated rings. The molecule has 0 spiro atoms. The van der Waals surface area contributed by atoms with Crippen LogP contribution < -0.4 is 5.73 Å². The summed E-state index contributed by atoms with van der Waals surface area (Å²) < 4.78 is 0. The Morgan fingerprint density at radius 1 is 1.71 bits per heavy atom. The third-order valence-electron chi connectivity index (χ3n) is 0.942. The SMILES string of the molecule is CC[C@@H](C)C#CN. The zero-order valence-corrected chi connectivity index (χ0v) is 4.86. The van der Waals surface area contributed by atoms with Gasteiger partial charge in [-0.2, -0.15) is 0 Å². The largest absolute Gasteiger partial charge is 0.359 e. The molecule has 0 saturated carbocycles. The molecule has 0 aliphatic carbocycles. The molecule has 1 atom stereocenters. The van der Waals surface area contributed by atoms with Gasteiger partial charge >= 0.3 is 0 Å². The molecule has 0 heterocycles. The van der Waals surface area contributed by atoms with Gasteiger partial charge in [-0.3, -0.25) is 0 Å². The number of hydrogen-bond donors (Lipinski definition) is 1. The molecular formula is C6H11N. The van der Waals surface area contributed by atoms with Gasteiger partial charge in [0, 0.05) is 12.0 Å². The van der Waals surface area contributed by atoms with Gasteiger partial charge in [-0.25, -0.2) is 0 Å². The summed E-state index contributed by atoms with van der Waals surface area (Å²) in [6.45, 7) is 4.15. The minimum atomic E-state index is 0.463.